The summed E-state index contributed by atoms with van der Waals surface area (Å²) >= 11 is 1.38. The molecule has 1 aromatic heterocycles. The fraction of sp³-hybridized carbons (Fsp3) is 0.519. The summed E-state index contributed by atoms with van der Waals surface area (Å²) in [4.78, 5) is 41.7. The Morgan fingerprint density at radius 3 is 2.63 bits per heavy atom. The first-order valence-corrected chi connectivity index (χ1v) is 13.5. The average Bonchev–Trinajstić information content (AvgIpc) is 3.39. The van der Waals surface area contributed by atoms with E-state index in [0.717, 1.165) is 23.5 Å². The van der Waals surface area contributed by atoms with Gasteiger partial charge in [-0.1, -0.05) is 6.07 Å². The van der Waals surface area contributed by atoms with Crippen LogP contribution in [-0.2, 0) is 38.8 Å². The molecule has 3 heterocycles. The Bertz CT molecular complexity index is 1190. The van der Waals surface area contributed by atoms with Crippen LogP contribution in [0.4, 0.5) is 4.39 Å². The first-order valence-electron chi connectivity index (χ1n) is 12.6. The summed E-state index contributed by atoms with van der Waals surface area (Å²) in [7, 11) is 0. The van der Waals surface area contributed by atoms with E-state index in [-0.39, 0.29) is 37.7 Å². The first-order chi connectivity index (χ1) is 18.0. The van der Waals surface area contributed by atoms with Gasteiger partial charge in [-0.05, 0) is 33.3 Å². The molecular formula is C27H34FN3O6S. The number of hydrogen-bond donors (Lipinski definition) is 1. The molecule has 0 bridgehead atoms. The number of fused-ring (bicyclic) bond motifs is 1. The lowest BCUT2D eigenvalue weighted by atomic mass is 10.1. The van der Waals surface area contributed by atoms with Gasteiger partial charge >= 0.3 is 5.97 Å². The number of carbonyl (C=O) groups is 3. The normalized spacial score (nSPS) is 16.8. The van der Waals surface area contributed by atoms with Crippen molar-refractivity contribution in [3.63, 3.8) is 0 Å². The maximum Gasteiger partial charge on any atom is 0.306 e. The number of thiophene rings is 1. The van der Waals surface area contributed by atoms with Crippen LogP contribution < -0.4 is 10.5 Å². The number of ether oxygens (including phenoxy) is 3. The molecule has 1 atom stereocenters. The molecule has 4 rings (SSSR count). The molecule has 0 spiro atoms. The van der Waals surface area contributed by atoms with Crippen LogP contribution in [0.2, 0.25) is 0 Å². The number of morpholine rings is 1. The van der Waals surface area contributed by atoms with Gasteiger partial charge in [-0.2, -0.15) is 0 Å². The highest BCUT2D eigenvalue weighted by Crippen LogP contribution is 2.34. The molecule has 1 aromatic carbocycles. The number of rotatable bonds is 10. The Balaban J connectivity index is 1.37. The zero-order valence-corrected chi connectivity index (χ0v) is 22.8. The van der Waals surface area contributed by atoms with Crippen LogP contribution >= 0.6 is 11.3 Å². The van der Waals surface area contributed by atoms with Gasteiger partial charge in [-0.15, -0.1) is 11.3 Å². The quantitative estimate of drug-likeness (QED) is 0.455. The number of primary amides is 1. The molecule has 2 aliphatic heterocycles. The summed E-state index contributed by atoms with van der Waals surface area (Å²) in [5.41, 5.74) is 6.80. The van der Waals surface area contributed by atoms with E-state index in [0.29, 0.717) is 36.6 Å². The van der Waals surface area contributed by atoms with Crippen molar-refractivity contribution in [3.05, 3.63) is 51.0 Å². The zero-order valence-electron chi connectivity index (χ0n) is 22.0. The van der Waals surface area contributed by atoms with Gasteiger partial charge < -0.3 is 24.8 Å². The van der Waals surface area contributed by atoms with Crippen molar-refractivity contribution >= 4 is 29.1 Å². The van der Waals surface area contributed by atoms with Crippen molar-refractivity contribution in [1.82, 2.24) is 9.80 Å². The van der Waals surface area contributed by atoms with E-state index in [1.807, 2.05) is 0 Å². The molecule has 0 saturated carbocycles. The molecular weight excluding hydrogens is 513 g/mol. The number of nitrogens with two attached hydrogens (primary N) is 1. The number of halogens is 1. The molecule has 1 fully saturated rings. The summed E-state index contributed by atoms with van der Waals surface area (Å²) in [5.74, 6) is -1.39. The fourth-order valence-corrected chi connectivity index (χ4v) is 5.49. The van der Waals surface area contributed by atoms with Crippen LogP contribution in [0, 0.1) is 5.82 Å². The van der Waals surface area contributed by atoms with Crippen molar-refractivity contribution in [2.75, 3.05) is 26.3 Å². The molecule has 38 heavy (non-hydrogen) atoms. The van der Waals surface area contributed by atoms with Gasteiger partial charge in [-0.3, -0.25) is 19.3 Å². The molecule has 1 saturated heterocycles. The standard InChI is InChI=1S/C27H34FN3O6S/c1-27(2,3)37-24(32)7-6-22(25(29)33)31-14-19-20(26(31)34)16-38-23(19)15-36-18-5-4-17(21(28)12-18)13-30-8-10-35-11-9-30/h4-5,12,16,22H,6-11,13-15H2,1-3H3,(H2,29,33). The summed E-state index contributed by atoms with van der Waals surface area (Å²) in [6.07, 6.45) is 0.0379. The molecule has 11 heteroatoms. The summed E-state index contributed by atoms with van der Waals surface area (Å²) in [6.45, 7) is 8.98. The van der Waals surface area contributed by atoms with E-state index in [1.165, 1.54) is 22.3 Å². The Kier molecular flexibility index (Phi) is 8.69. The van der Waals surface area contributed by atoms with Gasteiger partial charge in [0, 0.05) is 60.1 Å². The average molecular weight is 548 g/mol. The van der Waals surface area contributed by atoms with Crippen molar-refractivity contribution in [2.45, 2.75) is 65.0 Å². The third-order valence-corrected chi connectivity index (χ3v) is 7.44. The van der Waals surface area contributed by atoms with E-state index in [2.05, 4.69) is 4.90 Å². The summed E-state index contributed by atoms with van der Waals surface area (Å²) in [5, 5.41) is 1.73. The second-order valence-corrected chi connectivity index (χ2v) is 11.4. The van der Waals surface area contributed by atoms with Crippen LogP contribution in [0.3, 0.4) is 0 Å². The molecule has 206 valence electrons. The second kappa shape index (κ2) is 11.8. The predicted molar refractivity (Wildman–Crippen MR) is 139 cm³/mol. The molecule has 0 radical (unpaired) electrons. The lowest BCUT2D eigenvalue weighted by Crippen LogP contribution is -2.45. The Hall–Kier alpha value is -3.02. The Morgan fingerprint density at radius 2 is 1.97 bits per heavy atom. The number of benzene rings is 1. The third-order valence-electron chi connectivity index (χ3n) is 6.44. The molecule has 1 unspecified atom stereocenters. The largest absolute Gasteiger partial charge is 0.488 e. The fourth-order valence-electron chi connectivity index (χ4n) is 4.54. The number of hydrogen-bond acceptors (Lipinski definition) is 8. The molecule has 0 aliphatic carbocycles. The minimum Gasteiger partial charge on any atom is -0.488 e. The minimum absolute atomic E-state index is 0.0371. The summed E-state index contributed by atoms with van der Waals surface area (Å²) in [6, 6.07) is 3.91. The van der Waals surface area contributed by atoms with E-state index in [4.69, 9.17) is 19.9 Å². The van der Waals surface area contributed by atoms with E-state index < -0.39 is 23.5 Å². The zero-order chi connectivity index (χ0) is 27.4. The maximum atomic E-state index is 14.7. The monoisotopic (exact) mass is 547 g/mol. The topological polar surface area (TPSA) is 111 Å². The highest BCUT2D eigenvalue weighted by atomic mass is 32.1. The number of amides is 2. The van der Waals surface area contributed by atoms with Gasteiger partial charge in [0.15, 0.2) is 0 Å². The SMILES string of the molecule is CC(C)(C)OC(=O)CCC(C(N)=O)N1Cc2c(csc2COc2ccc(CN3CCOCC3)c(F)c2)C1=O. The van der Waals surface area contributed by atoms with Crippen LogP contribution in [0.1, 0.15) is 60.0 Å². The molecule has 2 amide bonds. The van der Waals surface area contributed by atoms with Crippen molar-refractivity contribution in [3.8, 4) is 5.75 Å². The van der Waals surface area contributed by atoms with Gasteiger partial charge in [0.25, 0.3) is 5.91 Å². The molecule has 2 aromatic rings. The van der Waals surface area contributed by atoms with Gasteiger partial charge in [0.1, 0.15) is 29.8 Å². The Morgan fingerprint density at radius 1 is 1.24 bits per heavy atom. The van der Waals surface area contributed by atoms with E-state index in [1.54, 1.807) is 38.3 Å². The van der Waals surface area contributed by atoms with Crippen molar-refractivity contribution in [1.29, 1.82) is 0 Å². The van der Waals surface area contributed by atoms with Crippen LogP contribution in [0.25, 0.3) is 0 Å². The molecule has 9 nitrogen and oxygen atoms in total. The lowest BCUT2D eigenvalue weighted by Gasteiger charge is -2.26. The van der Waals surface area contributed by atoms with E-state index >= 15 is 0 Å². The van der Waals surface area contributed by atoms with Crippen molar-refractivity contribution in [2.24, 2.45) is 5.73 Å². The molecule has 2 N–H and O–H groups in total. The van der Waals surface area contributed by atoms with Gasteiger partial charge in [-0.25, -0.2) is 4.39 Å². The number of esters is 1. The highest BCUT2D eigenvalue weighted by Gasteiger charge is 2.38. The van der Waals surface area contributed by atoms with Crippen LogP contribution in [0.15, 0.2) is 23.6 Å². The predicted octanol–water partition coefficient (Wildman–Crippen LogP) is 3.23. The summed E-state index contributed by atoms with van der Waals surface area (Å²) < 4.78 is 31.2. The van der Waals surface area contributed by atoms with Gasteiger partial charge in [0.05, 0.1) is 18.8 Å². The first kappa shape index (κ1) is 28.0. The van der Waals surface area contributed by atoms with Crippen LogP contribution in [0.5, 0.6) is 5.75 Å². The second-order valence-electron chi connectivity index (χ2n) is 10.5. The smallest absolute Gasteiger partial charge is 0.306 e. The Labute approximate surface area is 225 Å². The van der Waals surface area contributed by atoms with E-state index in [9.17, 15) is 18.8 Å². The lowest BCUT2D eigenvalue weighted by molar-refractivity contribution is -0.155. The van der Waals surface area contributed by atoms with Gasteiger partial charge in [0.2, 0.25) is 5.91 Å². The number of carbonyl (C=O) groups excluding carboxylic acids is 3. The minimum atomic E-state index is -0.936. The maximum absolute atomic E-state index is 14.7. The number of nitrogens with zero attached hydrogens (tertiary/aromatic N) is 2. The third kappa shape index (κ3) is 6.89. The van der Waals surface area contributed by atoms with Crippen LogP contribution in [-0.4, -0.2) is 65.5 Å². The molecule has 2 aliphatic rings. The van der Waals surface area contributed by atoms with Crippen molar-refractivity contribution < 1.29 is 33.0 Å². The highest BCUT2D eigenvalue weighted by molar-refractivity contribution is 7.10.